The van der Waals surface area contributed by atoms with Gasteiger partial charge in [0.05, 0.1) is 63.4 Å². The molecule has 3 amide bonds. The molecular formula is C84H73Br2I2N5O21. The minimum Gasteiger partial charge on any atom is -0.506 e. The van der Waals surface area contributed by atoms with Gasteiger partial charge in [0.25, 0.3) is 0 Å². The van der Waals surface area contributed by atoms with E-state index in [1.165, 1.54) is 60.7 Å². The number of ketones is 3. The van der Waals surface area contributed by atoms with Crippen LogP contribution in [0.25, 0.3) is 32.9 Å². The number of aromatic hydroxyl groups is 6. The van der Waals surface area contributed by atoms with E-state index in [4.69, 9.17) is 56.1 Å². The number of furan rings is 3. The van der Waals surface area contributed by atoms with Gasteiger partial charge in [-0.05, 0) is 187 Å². The van der Waals surface area contributed by atoms with E-state index in [0.29, 0.717) is 101 Å². The molecule has 0 bridgehead atoms. The van der Waals surface area contributed by atoms with Crippen LogP contribution in [0.3, 0.4) is 0 Å². The first-order valence-corrected chi connectivity index (χ1v) is 39.0. The number of carbonyl (C=O) groups excluding carboxylic acids is 9. The molecule has 588 valence electrons. The zero-order valence-corrected chi connectivity index (χ0v) is 67.9. The molecule has 0 radical (unpaired) electrons. The summed E-state index contributed by atoms with van der Waals surface area (Å²) < 4.78 is 35.9. The molecule has 3 aromatic heterocycles. The zero-order chi connectivity index (χ0) is 82.2. The lowest BCUT2D eigenvalue weighted by Crippen LogP contribution is -2.11. The first-order chi connectivity index (χ1) is 54.4. The van der Waals surface area contributed by atoms with Crippen LogP contribution in [0.2, 0.25) is 0 Å². The fraction of sp³-hybridized carbons (Fsp3) is 0.179. The van der Waals surface area contributed by atoms with Crippen LogP contribution in [0.15, 0.2) is 186 Å². The average Bonchev–Trinajstić information content (AvgIpc) is 1.62. The number of fused-ring (bicyclic) bond motifs is 3. The molecule has 0 aliphatic heterocycles. The number of rotatable bonds is 30. The number of primary amides is 3. The molecule has 30 heteroatoms. The Balaban J connectivity index is 0.000000181. The molecule has 0 aliphatic rings. The van der Waals surface area contributed by atoms with E-state index in [0.717, 1.165) is 16.7 Å². The van der Waals surface area contributed by atoms with Crippen LogP contribution in [-0.2, 0) is 67.3 Å². The largest absolute Gasteiger partial charge is 0.506 e. The summed E-state index contributed by atoms with van der Waals surface area (Å²) in [6.45, 7) is 0. The Morgan fingerprint density at radius 3 is 0.930 bits per heavy atom. The number of halogens is 4. The van der Waals surface area contributed by atoms with Gasteiger partial charge in [0.1, 0.15) is 45.5 Å². The number of esters is 3. The van der Waals surface area contributed by atoms with E-state index in [2.05, 4.69) is 31.9 Å². The summed E-state index contributed by atoms with van der Waals surface area (Å²) in [6.07, 6.45) is 4.63. The number of phenolic OH excluding ortho intramolecular Hbond substituents is 6. The van der Waals surface area contributed by atoms with Crippen molar-refractivity contribution in [1.82, 2.24) is 0 Å². The number of ether oxygens (including phenoxy) is 3. The molecule has 26 nitrogen and oxygen atoms in total. The number of hydrogen-bond donors (Lipinski definition) is 11. The van der Waals surface area contributed by atoms with Crippen LogP contribution in [0.4, 0.5) is 11.4 Å². The summed E-state index contributed by atoms with van der Waals surface area (Å²) in [7, 11) is 0. The Bertz CT molecular complexity index is 5070. The summed E-state index contributed by atoms with van der Waals surface area (Å²) in [5, 5.41) is 63.1. The van der Waals surface area contributed by atoms with Gasteiger partial charge >= 0.3 is 17.9 Å². The summed E-state index contributed by atoms with van der Waals surface area (Å²) in [5.41, 5.74) is 31.5. The van der Waals surface area contributed by atoms with E-state index in [9.17, 15) is 73.8 Å². The van der Waals surface area contributed by atoms with Crippen LogP contribution < -0.4 is 42.9 Å². The highest BCUT2D eigenvalue weighted by Crippen LogP contribution is 2.44. The second kappa shape index (κ2) is 38.7. The van der Waals surface area contributed by atoms with Gasteiger partial charge in [0.2, 0.25) is 17.7 Å². The maximum Gasteiger partial charge on any atom is 0.315 e. The topological polar surface area (TPSA) is 472 Å². The molecular weight excluding hydrogens is 1830 g/mol. The molecule has 0 saturated heterocycles. The quantitative estimate of drug-likeness (QED) is 0.00379. The number of amides is 3. The molecule has 0 unspecified atom stereocenters. The second-order valence-electron chi connectivity index (χ2n) is 26.1. The molecule has 16 N–H and O–H groups in total. The van der Waals surface area contributed by atoms with Crippen LogP contribution in [0, 0.1) is 7.14 Å². The van der Waals surface area contributed by atoms with Gasteiger partial charge < -0.3 is 86.8 Å². The van der Waals surface area contributed by atoms with Crippen molar-refractivity contribution in [3.63, 3.8) is 0 Å². The van der Waals surface area contributed by atoms with Gasteiger partial charge in [-0.1, -0.05) is 91.0 Å². The van der Waals surface area contributed by atoms with Crippen molar-refractivity contribution in [1.29, 1.82) is 0 Å². The first kappa shape index (κ1) is 84.7. The third-order valence-corrected chi connectivity index (χ3v) is 20.5. The van der Waals surface area contributed by atoms with Gasteiger partial charge in [-0.2, -0.15) is 0 Å². The lowest BCUT2D eigenvalue weighted by Gasteiger charge is -2.08. The lowest BCUT2D eigenvalue weighted by atomic mass is 9.97. The standard InChI is InChI=1S/C28H23Br2NO7.C28H23I2NO7.C28H27N3O7/c3*29-18-11-16(12-19(30)28(18)36)27(35)26-17-13-20(32)23(38-25(34)10-15-6-2-1-3-7-15)14-22(17)37-21(26)8-4-5-9-24(31)33/h2*1-3,6-7,11-14,32,36H,4-5,8-10H2,(H2,31,33);1-3,6-7,11-14,32,36H,4-5,8-10,29-30H2,(H2,31,33). The minimum atomic E-state index is -0.588. The highest BCUT2D eigenvalue weighted by molar-refractivity contribution is 14.1. The number of phenols is 6. The van der Waals surface area contributed by atoms with Gasteiger partial charge in [0, 0.05) is 89.6 Å². The number of carbonyl (C=O) groups is 9. The Kier molecular flexibility index (Phi) is 28.7. The Labute approximate surface area is 694 Å². The average molecular weight is 1900 g/mol. The van der Waals surface area contributed by atoms with Gasteiger partial charge in [-0.3, -0.25) is 43.2 Å². The third-order valence-electron chi connectivity index (χ3n) is 17.7. The van der Waals surface area contributed by atoms with Gasteiger partial charge in [-0.15, -0.1) is 0 Å². The number of unbranched alkanes of at least 4 members (excludes halogenated alkanes) is 3. The summed E-state index contributed by atoms with van der Waals surface area (Å²) in [4.78, 5) is 112. The Morgan fingerprint density at radius 2 is 0.640 bits per heavy atom. The smallest absolute Gasteiger partial charge is 0.315 e. The predicted molar refractivity (Wildman–Crippen MR) is 446 cm³/mol. The first-order valence-electron chi connectivity index (χ1n) is 35.2. The highest BCUT2D eigenvalue weighted by Gasteiger charge is 2.30. The van der Waals surface area contributed by atoms with E-state index in [1.807, 2.05) is 87.6 Å². The van der Waals surface area contributed by atoms with Crippen molar-refractivity contribution < 1.29 is 101 Å². The fourth-order valence-corrected chi connectivity index (χ4v) is 15.1. The van der Waals surface area contributed by atoms with E-state index >= 15 is 0 Å². The van der Waals surface area contributed by atoms with E-state index in [-0.39, 0.29) is 164 Å². The van der Waals surface area contributed by atoms with Crippen molar-refractivity contribution in [3.05, 3.63) is 247 Å². The van der Waals surface area contributed by atoms with Crippen molar-refractivity contribution >= 4 is 174 Å². The van der Waals surface area contributed by atoms with Crippen LogP contribution in [0.5, 0.6) is 51.7 Å². The molecule has 0 atom stereocenters. The predicted octanol–water partition coefficient (Wildman–Crippen LogP) is 15.2. The highest BCUT2D eigenvalue weighted by atomic mass is 127. The van der Waals surface area contributed by atoms with Crippen LogP contribution in [0.1, 0.15) is 140 Å². The Hall–Kier alpha value is -11.8. The zero-order valence-electron chi connectivity index (χ0n) is 60.4. The number of hydrogen-bond acceptors (Lipinski definition) is 23. The fourth-order valence-electron chi connectivity index (χ4n) is 12.2. The number of nitrogen functional groups attached to an aromatic ring is 2. The lowest BCUT2D eigenvalue weighted by molar-refractivity contribution is -0.134. The second-order valence-corrected chi connectivity index (χ2v) is 30.2. The SMILES string of the molecule is NC(=O)CCCCc1oc2cc(OC(=O)Cc3ccccc3)c(O)cc2c1C(=O)c1cc(Br)c(O)c(Br)c1.NC(=O)CCCCc1oc2cc(OC(=O)Cc3ccccc3)c(O)cc2c1C(=O)c1cc(I)c(O)c(I)c1.NC(=O)CCCCc1oc2cc(OC(=O)Cc3ccccc3)c(O)cc2c1C(=O)c1cc(N)c(O)c(N)c1. The molecule has 12 rings (SSSR count). The molecule has 0 aliphatic carbocycles. The van der Waals surface area contributed by atoms with Gasteiger partial charge in [-0.25, -0.2) is 0 Å². The molecule has 0 saturated carbocycles. The van der Waals surface area contributed by atoms with Gasteiger partial charge in [0.15, 0.2) is 57.6 Å². The third kappa shape index (κ3) is 21.7. The maximum atomic E-state index is 13.7. The number of aryl methyl sites for hydroxylation is 3. The molecule has 9 aromatic carbocycles. The van der Waals surface area contributed by atoms with E-state index in [1.54, 1.807) is 60.7 Å². The van der Waals surface area contributed by atoms with E-state index < -0.39 is 47.2 Å². The minimum absolute atomic E-state index is 0.00494. The molecule has 12 aromatic rings. The monoisotopic (exact) mass is 1900 g/mol. The molecule has 0 fully saturated rings. The molecule has 0 spiro atoms. The van der Waals surface area contributed by atoms with Crippen LogP contribution >= 0.6 is 77.0 Å². The summed E-state index contributed by atoms with van der Waals surface area (Å²) in [6, 6.07) is 43.9. The summed E-state index contributed by atoms with van der Waals surface area (Å²) in [5.74, 6) is -4.81. The molecule has 114 heavy (non-hydrogen) atoms. The maximum absolute atomic E-state index is 13.7. The van der Waals surface area contributed by atoms with Crippen molar-refractivity contribution in [2.45, 2.75) is 96.3 Å². The van der Waals surface area contributed by atoms with Crippen molar-refractivity contribution in [3.8, 4) is 51.7 Å². The summed E-state index contributed by atoms with van der Waals surface area (Å²) >= 11 is 10.4. The van der Waals surface area contributed by atoms with Crippen molar-refractivity contribution in [2.75, 3.05) is 11.5 Å². The Morgan fingerprint density at radius 1 is 0.360 bits per heavy atom. The number of benzene rings is 9. The number of nitrogens with two attached hydrogens (primary N) is 5. The van der Waals surface area contributed by atoms with Crippen molar-refractivity contribution in [2.24, 2.45) is 17.2 Å². The molecule has 3 heterocycles. The number of anilines is 2. The van der Waals surface area contributed by atoms with Crippen LogP contribution in [-0.4, -0.2) is 83.6 Å². The normalized spacial score (nSPS) is 11.0.